The van der Waals surface area contributed by atoms with E-state index in [4.69, 9.17) is 9.71 Å². The molecule has 0 fully saturated rings. The van der Waals surface area contributed by atoms with Gasteiger partial charge in [-0.3, -0.25) is 4.18 Å². The van der Waals surface area contributed by atoms with E-state index in [1.54, 1.807) is 12.1 Å². The van der Waals surface area contributed by atoms with Crippen molar-refractivity contribution in [2.45, 2.75) is 24.8 Å². The van der Waals surface area contributed by atoms with Gasteiger partial charge >= 0.3 is 0 Å². The molecular formula is C10H13N3O3S. The maximum atomic E-state index is 11.8. The highest BCUT2D eigenvalue weighted by atomic mass is 32.2. The summed E-state index contributed by atoms with van der Waals surface area (Å²) in [6, 6.07) is 6.33. The van der Waals surface area contributed by atoms with Crippen LogP contribution in [0.15, 0.2) is 34.3 Å². The highest BCUT2D eigenvalue weighted by Gasteiger charge is 2.18. The van der Waals surface area contributed by atoms with Gasteiger partial charge < -0.3 is 0 Å². The lowest BCUT2D eigenvalue weighted by molar-refractivity contribution is 0.236. The Morgan fingerprint density at radius 3 is 2.53 bits per heavy atom. The molecule has 0 radical (unpaired) electrons. The molecule has 0 amide bonds. The van der Waals surface area contributed by atoms with E-state index in [9.17, 15) is 8.42 Å². The minimum Gasteiger partial charge on any atom is -0.263 e. The molecule has 0 bridgehead atoms. The molecule has 17 heavy (non-hydrogen) atoms. The van der Waals surface area contributed by atoms with E-state index in [-0.39, 0.29) is 11.4 Å². The fraction of sp³-hybridized carbons (Fsp3) is 0.400. The molecule has 0 N–H and O–H groups in total. The second kappa shape index (κ2) is 5.67. The van der Waals surface area contributed by atoms with Gasteiger partial charge in [0.1, 0.15) is 0 Å². The molecule has 0 saturated carbocycles. The molecule has 1 rings (SSSR count). The number of aryl methyl sites for hydroxylation is 1. The zero-order valence-electron chi connectivity index (χ0n) is 9.57. The van der Waals surface area contributed by atoms with Gasteiger partial charge in [0.25, 0.3) is 10.1 Å². The number of hydrogen-bond donors (Lipinski definition) is 0. The van der Waals surface area contributed by atoms with Crippen LogP contribution in [0.1, 0.15) is 12.5 Å². The topological polar surface area (TPSA) is 92.1 Å². The third-order valence-electron chi connectivity index (χ3n) is 2.00. The zero-order valence-corrected chi connectivity index (χ0v) is 10.4. The van der Waals surface area contributed by atoms with E-state index in [1.807, 2.05) is 6.92 Å². The normalized spacial score (nSPS) is 12.8. The van der Waals surface area contributed by atoms with Crippen LogP contribution in [0.4, 0.5) is 0 Å². The van der Waals surface area contributed by atoms with Crippen molar-refractivity contribution >= 4 is 10.1 Å². The first-order valence-corrected chi connectivity index (χ1v) is 6.37. The fourth-order valence-electron chi connectivity index (χ4n) is 1.16. The highest BCUT2D eigenvalue weighted by molar-refractivity contribution is 7.86. The smallest absolute Gasteiger partial charge is 0.263 e. The molecule has 92 valence electrons. The third kappa shape index (κ3) is 4.07. The third-order valence-corrected chi connectivity index (χ3v) is 3.43. The van der Waals surface area contributed by atoms with Crippen LogP contribution in [0.5, 0.6) is 0 Å². The molecule has 0 spiro atoms. The SMILES string of the molecule is Cc1ccc(S(=O)(=O)OC(C)CN=[N+]=[N-])cc1. The standard InChI is InChI=1S/C10H13N3O3S/c1-8-3-5-10(6-4-8)17(14,15)16-9(2)7-12-13-11/h3-6,9H,7H2,1-2H3. The molecule has 0 aromatic heterocycles. The van der Waals surface area contributed by atoms with Gasteiger partial charge in [0, 0.05) is 4.91 Å². The van der Waals surface area contributed by atoms with Gasteiger partial charge in [-0.15, -0.1) is 0 Å². The van der Waals surface area contributed by atoms with Gasteiger partial charge in [-0.25, -0.2) is 0 Å². The highest BCUT2D eigenvalue weighted by Crippen LogP contribution is 2.15. The van der Waals surface area contributed by atoms with Crippen LogP contribution in [0.2, 0.25) is 0 Å². The van der Waals surface area contributed by atoms with Gasteiger partial charge in [0.05, 0.1) is 17.5 Å². The largest absolute Gasteiger partial charge is 0.297 e. The summed E-state index contributed by atoms with van der Waals surface area (Å²) in [6.07, 6.45) is -0.683. The Morgan fingerprint density at radius 2 is 2.00 bits per heavy atom. The van der Waals surface area contributed by atoms with Gasteiger partial charge in [-0.1, -0.05) is 22.8 Å². The van der Waals surface area contributed by atoms with Crippen LogP contribution >= 0.6 is 0 Å². The lowest BCUT2D eigenvalue weighted by Gasteiger charge is -2.10. The fourth-order valence-corrected chi connectivity index (χ4v) is 2.23. The van der Waals surface area contributed by atoms with Crippen molar-refractivity contribution in [3.63, 3.8) is 0 Å². The summed E-state index contributed by atoms with van der Waals surface area (Å²) in [6.45, 7) is 3.36. The lowest BCUT2D eigenvalue weighted by atomic mass is 10.2. The first kappa shape index (κ1) is 13.5. The summed E-state index contributed by atoms with van der Waals surface area (Å²) in [7, 11) is -3.79. The summed E-state index contributed by atoms with van der Waals surface area (Å²) in [5.74, 6) is 0. The van der Waals surface area contributed by atoms with E-state index in [1.165, 1.54) is 19.1 Å². The monoisotopic (exact) mass is 255 g/mol. The molecule has 0 saturated heterocycles. The summed E-state index contributed by atoms with van der Waals surface area (Å²) < 4.78 is 28.4. The van der Waals surface area contributed by atoms with Crippen molar-refractivity contribution in [1.82, 2.24) is 0 Å². The van der Waals surface area contributed by atoms with Crippen LogP contribution < -0.4 is 0 Å². The summed E-state index contributed by atoms with van der Waals surface area (Å²) in [5, 5.41) is 3.25. The molecule has 0 aliphatic heterocycles. The molecular weight excluding hydrogens is 242 g/mol. The van der Waals surface area contributed by atoms with Gasteiger partial charge in [-0.05, 0) is 31.5 Å². The second-order valence-electron chi connectivity index (χ2n) is 3.59. The number of hydrogen-bond acceptors (Lipinski definition) is 4. The van der Waals surface area contributed by atoms with Gasteiger partial charge in [-0.2, -0.15) is 8.42 Å². The van der Waals surface area contributed by atoms with Crippen LogP contribution in [-0.4, -0.2) is 21.1 Å². The van der Waals surface area contributed by atoms with Crippen molar-refractivity contribution < 1.29 is 12.6 Å². The average molecular weight is 255 g/mol. The van der Waals surface area contributed by atoms with E-state index >= 15 is 0 Å². The van der Waals surface area contributed by atoms with E-state index < -0.39 is 16.2 Å². The van der Waals surface area contributed by atoms with Crippen molar-refractivity contribution in [1.29, 1.82) is 0 Å². The molecule has 0 aliphatic carbocycles. The van der Waals surface area contributed by atoms with Gasteiger partial charge in [0.15, 0.2) is 0 Å². The molecule has 0 heterocycles. The van der Waals surface area contributed by atoms with E-state index in [0.717, 1.165) is 5.56 Å². The summed E-state index contributed by atoms with van der Waals surface area (Å²) >= 11 is 0. The van der Waals surface area contributed by atoms with Crippen molar-refractivity contribution in [3.8, 4) is 0 Å². The second-order valence-corrected chi connectivity index (χ2v) is 5.16. The Balaban J connectivity index is 2.81. The summed E-state index contributed by atoms with van der Waals surface area (Å²) in [5.41, 5.74) is 9.08. The van der Waals surface area contributed by atoms with Crippen molar-refractivity contribution in [2.75, 3.05) is 6.54 Å². The number of nitrogens with zero attached hydrogens (tertiary/aromatic N) is 3. The maximum absolute atomic E-state index is 11.8. The number of rotatable bonds is 5. The van der Waals surface area contributed by atoms with Crippen molar-refractivity contribution in [3.05, 3.63) is 40.3 Å². The van der Waals surface area contributed by atoms with E-state index in [0.29, 0.717) is 0 Å². The average Bonchev–Trinajstić information content (AvgIpc) is 2.26. The molecule has 0 aliphatic rings. The minimum absolute atomic E-state index is 0.0262. The Labute approximate surface area is 100.0 Å². The maximum Gasteiger partial charge on any atom is 0.297 e. The quantitative estimate of drug-likeness (QED) is 0.350. The Bertz CT molecular complexity index is 518. The Hall–Kier alpha value is -1.56. The molecule has 1 unspecified atom stereocenters. The van der Waals surface area contributed by atoms with Gasteiger partial charge in [0.2, 0.25) is 0 Å². The lowest BCUT2D eigenvalue weighted by Crippen LogP contribution is -2.18. The van der Waals surface area contributed by atoms with E-state index in [2.05, 4.69) is 10.0 Å². The first-order valence-electron chi connectivity index (χ1n) is 4.96. The minimum atomic E-state index is -3.79. The molecule has 1 aromatic rings. The molecule has 1 aromatic carbocycles. The molecule has 1 atom stereocenters. The zero-order chi connectivity index (χ0) is 12.9. The Morgan fingerprint density at radius 1 is 1.41 bits per heavy atom. The Kier molecular flexibility index (Phi) is 4.51. The summed E-state index contributed by atoms with van der Waals surface area (Å²) in [4.78, 5) is 2.63. The molecule has 7 heteroatoms. The van der Waals surface area contributed by atoms with Crippen LogP contribution in [0.3, 0.4) is 0 Å². The first-order chi connectivity index (χ1) is 7.95. The van der Waals surface area contributed by atoms with Crippen LogP contribution in [-0.2, 0) is 14.3 Å². The number of benzene rings is 1. The predicted octanol–water partition coefficient (Wildman–Crippen LogP) is 2.40. The van der Waals surface area contributed by atoms with Crippen LogP contribution in [0, 0.1) is 6.92 Å². The predicted molar refractivity (Wildman–Crippen MR) is 62.9 cm³/mol. The van der Waals surface area contributed by atoms with Crippen molar-refractivity contribution in [2.24, 2.45) is 5.11 Å². The molecule has 6 nitrogen and oxygen atoms in total. The number of azide groups is 1. The van der Waals surface area contributed by atoms with Crippen LogP contribution in [0.25, 0.3) is 10.4 Å².